The van der Waals surface area contributed by atoms with E-state index in [0.717, 1.165) is 12.8 Å². The highest BCUT2D eigenvalue weighted by molar-refractivity contribution is 5.94. The van der Waals surface area contributed by atoms with Gasteiger partial charge in [0.15, 0.2) is 0 Å². The van der Waals surface area contributed by atoms with Crippen molar-refractivity contribution in [2.45, 2.75) is 38.1 Å². The SMILES string of the molecule is NC/C=C(\F)COc1ccc(C(=O)NC2CCCCC2)cc1. The lowest BCUT2D eigenvalue weighted by atomic mass is 9.95. The smallest absolute Gasteiger partial charge is 0.251 e. The second-order valence-electron chi connectivity index (χ2n) is 5.51. The second kappa shape index (κ2) is 8.54. The lowest BCUT2D eigenvalue weighted by molar-refractivity contribution is 0.0927. The summed E-state index contributed by atoms with van der Waals surface area (Å²) < 4.78 is 18.4. The molecule has 1 amide bonds. The molecular formula is C17H23FN2O2. The van der Waals surface area contributed by atoms with Crippen LogP contribution in [-0.4, -0.2) is 25.1 Å². The fraction of sp³-hybridized carbons (Fsp3) is 0.471. The second-order valence-corrected chi connectivity index (χ2v) is 5.51. The quantitative estimate of drug-likeness (QED) is 0.849. The zero-order valence-corrected chi connectivity index (χ0v) is 12.7. The number of hydrogen-bond acceptors (Lipinski definition) is 3. The number of carbonyl (C=O) groups is 1. The Labute approximate surface area is 130 Å². The van der Waals surface area contributed by atoms with Gasteiger partial charge in [0.1, 0.15) is 18.2 Å². The zero-order chi connectivity index (χ0) is 15.8. The van der Waals surface area contributed by atoms with Crippen LogP contribution in [0.25, 0.3) is 0 Å². The zero-order valence-electron chi connectivity index (χ0n) is 12.7. The topological polar surface area (TPSA) is 64.3 Å². The van der Waals surface area contributed by atoms with Crippen molar-refractivity contribution in [1.82, 2.24) is 5.32 Å². The summed E-state index contributed by atoms with van der Waals surface area (Å²) in [7, 11) is 0. The summed E-state index contributed by atoms with van der Waals surface area (Å²) in [6.07, 6.45) is 7.00. The number of nitrogens with two attached hydrogens (primary N) is 1. The van der Waals surface area contributed by atoms with E-state index in [1.165, 1.54) is 25.3 Å². The molecule has 1 fully saturated rings. The van der Waals surface area contributed by atoms with Crippen molar-refractivity contribution in [1.29, 1.82) is 0 Å². The van der Waals surface area contributed by atoms with E-state index >= 15 is 0 Å². The molecule has 2 rings (SSSR count). The van der Waals surface area contributed by atoms with Crippen LogP contribution in [0.2, 0.25) is 0 Å². The van der Waals surface area contributed by atoms with E-state index in [-0.39, 0.29) is 25.1 Å². The fourth-order valence-electron chi connectivity index (χ4n) is 2.56. The number of amides is 1. The van der Waals surface area contributed by atoms with Gasteiger partial charge in [-0.25, -0.2) is 4.39 Å². The molecule has 1 aliphatic rings. The van der Waals surface area contributed by atoms with Crippen LogP contribution in [0.5, 0.6) is 5.75 Å². The highest BCUT2D eigenvalue weighted by Gasteiger charge is 2.16. The molecule has 4 nitrogen and oxygen atoms in total. The first-order valence-corrected chi connectivity index (χ1v) is 7.77. The van der Waals surface area contributed by atoms with Crippen molar-refractivity contribution in [2.24, 2.45) is 5.73 Å². The minimum Gasteiger partial charge on any atom is -0.487 e. The molecule has 0 saturated heterocycles. The maximum Gasteiger partial charge on any atom is 0.251 e. The van der Waals surface area contributed by atoms with Crippen molar-refractivity contribution in [3.05, 3.63) is 41.7 Å². The summed E-state index contributed by atoms with van der Waals surface area (Å²) in [5, 5.41) is 3.06. The van der Waals surface area contributed by atoms with Crippen LogP contribution in [0.4, 0.5) is 4.39 Å². The Kier molecular flexibility index (Phi) is 6.40. The van der Waals surface area contributed by atoms with E-state index in [2.05, 4.69) is 5.32 Å². The number of ether oxygens (including phenoxy) is 1. The van der Waals surface area contributed by atoms with E-state index in [1.807, 2.05) is 0 Å². The molecule has 1 saturated carbocycles. The van der Waals surface area contributed by atoms with Gasteiger partial charge in [-0.3, -0.25) is 4.79 Å². The van der Waals surface area contributed by atoms with Crippen LogP contribution < -0.4 is 15.8 Å². The summed E-state index contributed by atoms with van der Waals surface area (Å²) in [5.74, 6) is 0.0593. The van der Waals surface area contributed by atoms with Gasteiger partial charge in [-0.15, -0.1) is 0 Å². The molecule has 0 aromatic heterocycles. The minimum atomic E-state index is -0.401. The third kappa shape index (κ3) is 5.15. The van der Waals surface area contributed by atoms with Gasteiger partial charge in [0.05, 0.1) is 0 Å². The van der Waals surface area contributed by atoms with Gasteiger partial charge in [-0.2, -0.15) is 0 Å². The Morgan fingerprint density at radius 2 is 1.95 bits per heavy atom. The number of nitrogens with one attached hydrogen (secondary N) is 1. The molecule has 0 heterocycles. The first kappa shape index (κ1) is 16.5. The minimum absolute atomic E-state index is 0.0624. The Hall–Kier alpha value is -1.88. The molecule has 1 aliphatic carbocycles. The number of benzene rings is 1. The maximum atomic E-state index is 13.1. The van der Waals surface area contributed by atoms with Crippen LogP contribution in [0, 0.1) is 0 Å². The fourth-order valence-corrected chi connectivity index (χ4v) is 2.56. The summed E-state index contributed by atoms with van der Waals surface area (Å²) >= 11 is 0. The highest BCUT2D eigenvalue weighted by atomic mass is 19.1. The van der Waals surface area contributed by atoms with Crippen molar-refractivity contribution in [3.63, 3.8) is 0 Å². The summed E-state index contributed by atoms with van der Waals surface area (Å²) in [4.78, 5) is 12.1. The van der Waals surface area contributed by atoms with Gasteiger partial charge in [0.25, 0.3) is 5.91 Å². The summed E-state index contributed by atoms with van der Waals surface area (Å²) in [5.41, 5.74) is 5.81. The molecule has 5 heteroatoms. The number of rotatable bonds is 6. The van der Waals surface area contributed by atoms with Crippen molar-refractivity contribution < 1.29 is 13.9 Å². The van der Waals surface area contributed by atoms with Crippen LogP contribution in [-0.2, 0) is 0 Å². The van der Waals surface area contributed by atoms with Crippen LogP contribution in [0.3, 0.4) is 0 Å². The predicted octanol–water partition coefficient (Wildman–Crippen LogP) is 2.94. The number of hydrogen-bond donors (Lipinski definition) is 2. The molecule has 120 valence electrons. The molecule has 22 heavy (non-hydrogen) atoms. The van der Waals surface area contributed by atoms with E-state index in [4.69, 9.17) is 10.5 Å². The molecule has 0 radical (unpaired) electrons. The van der Waals surface area contributed by atoms with E-state index < -0.39 is 5.83 Å². The van der Waals surface area contributed by atoms with Gasteiger partial charge < -0.3 is 15.8 Å². The monoisotopic (exact) mass is 306 g/mol. The number of carbonyl (C=O) groups excluding carboxylic acids is 1. The molecule has 3 N–H and O–H groups in total. The first-order valence-electron chi connectivity index (χ1n) is 7.77. The normalized spacial score (nSPS) is 16.4. The third-order valence-corrected chi connectivity index (χ3v) is 3.77. The highest BCUT2D eigenvalue weighted by Crippen LogP contribution is 2.18. The van der Waals surface area contributed by atoms with Crippen LogP contribution in [0.1, 0.15) is 42.5 Å². The average molecular weight is 306 g/mol. The third-order valence-electron chi connectivity index (χ3n) is 3.77. The standard InChI is InChI=1S/C17H23FN2O2/c18-14(10-11-19)12-22-16-8-6-13(7-9-16)17(21)20-15-4-2-1-3-5-15/h6-10,15H,1-5,11-12,19H2,(H,20,21)/b14-10-. The molecule has 0 unspecified atom stereocenters. The van der Waals surface area contributed by atoms with Crippen molar-refractivity contribution >= 4 is 5.91 Å². The van der Waals surface area contributed by atoms with Gasteiger partial charge in [-0.05, 0) is 43.2 Å². The van der Waals surface area contributed by atoms with E-state index in [0.29, 0.717) is 11.3 Å². The van der Waals surface area contributed by atoms with E-state index in [9.17, 15) is 9.18 Å². The molecule has 0 bridgehead atoms. The molecule has 1 aromatic carbocycles. The lowest BCUT2D eigenvalue weighted by Crippen LogP contribution is -2.36. The average Bonchev–Trinajstić information content (AvgIpc) is 2.54. The van der Waals surface area contributed by atoms with Crippen LogP contribution >= 0.6 is 0 Å². The predicted molar refractivity (Wildman–Crippen MR) is 84.5 cm³/mol. The largest absolute Gasteiger partial charge is 0.487 e. The summed E-state index contributed by atoms with van der Waals surface area (Å²) in [6.45, 7) is 0.000284. The van der Waals surface area contributed by atoms with Crippen molar-refractivity contribution in [2.75, 3.05) is 13.2 Å². The molecular weight excluding hydrogens is 283 g/mol. The maximum absolute atomic E-state index is 13.1. The van der Waals surface area contributed by atoms with Gasteiger partial charge in [-0.1, -0.05) is 19.3 Å². The molecule has 0 aliphatic heterocycles. The van der Waals surface area contributed by atoms with Gasteiger partial charge in [0.2, 0.25) is 0 Å². The Bertz CT molecular complexity index is 508. The Morgan fingerprint density at radius 3 is 2.59 bits per heavy atom. The Morgan fingerprint density at radius 1 is 1.27 bits per heavy atom. The molecule has 1 aromatic rings. The van der Waals surface area contributed by atoms with Gasteiger partial charge in [0, 0.05) is 18.2 Å². The summed E-state index contributed by atoms with van der Waals surface area (Å²) in [6, 6.07) is 7.01. The lowest BCUT2D eigenvalue weighted by Gasteiger charge is -2.22. The Balaban J connectivity index is 1.85. The first-order chi connectivity index (χ1) is 10.7. The molecule has 0 atom stereocenters. The number of halogens is 1. The van der Waals surface area contributed by atoms with Crippen LogP contribution in [0.15, 0.2) is 36.2 Å². The van der Waals surface area contributed by atoms with Crippen molar-refractivity contribution in [3.8, 4) is 5.75 Å². The van der Waals surface area contributed by atoms with E-state index in [1.54, 1.807) is 24.3 Å². The molecule has 0 spiro atoms. The van der Waals surface area contributed by atoms with Gasteiger partial charge >= 0.3 is 0 Å².